The predicted octanol–water partition coefficient (Wildman–Crippen LogP) is 3.80. The summed E-state index contributed by atoms with van der Waals surface area (Å²) in [5.74, 6) is 2.13. The summed E-state index contributed by atoms with van der Waals surface area (Å²) >= 11 is 0. The molecule has 22 heavy (non-hydrogen) atoms. The average molecular weight is 297 g/mol. The van der Waals surface area contributed by atoms with Gasteiger partial charge in [0.05, 0.1) is 18.2 Å². The summed E-state index contributed by atoms with van der Waals surface area (Å²) in [7, 11) is 1.60. The minimum absolute atomic E-state index is 0.466. The first-order valence-electron chi connectivity index (χ1n) is 7.35. The van der Waals surface area contributed by atoms with Crippen molar-refractivity contribution in [2.75, 3.05) is 7.11 Å². The Kier molecular flexibility index (Phi) is 3.79. The third-order valence-corrected chi connectivity index (χ3v) is 3.42. The van der Waals surface area contributed by atoms with E-state index >= 15 is 0 Å². The van der Waals surface area contributed by atoms with E-state index in [0.717, 1.165) is 28.5 Å². The molecule has 0 unspecified atom stereocenters. The number of pyridine rings is 1. The fraction of sp³-hybridized carbons (Fsp3) is 0.353. The third kappa shape index (κ3) is 2.79. The quantitative estimate of drug-likeness (QED) is 0.733. The van der Waals surface area contributed by atoms with Crippen LogP contribution in [0.2, 0.25) is 0 Å². The number of nitrogens with zero attached hydrogens (tertiary/aromatic N) is 3. The Morgan fingerprint density at radius 1 is 1.18 bits per heavy atom. The van der Waals surface area contributed by atoms with Gasteiger partial charge in [0.25, 0.3) is 0 Å². The van der Waals surface area contributed by atoms with Gasteiger partial charge >= 0.3 is 0 Å². The van der Waals surface area contributed by atoms with Crippen LogP contribution in [0.15, 0.2) is 28.8 Å². The van der Waals surface area contributed by atoms with Gasteiger partial charge in [0.1, 0.15) is 0 Å². The standard InChI is InChI=1S/C17H19N3O2/c1-10(2)7-15-19-16(20-22-15)13-9-12-6-5-11(3)8-14(12)18-17(13)21-4/h5-6,8-10H,7H2,1-4H3. The maximum atomic E-state index is 5.41. The first-order chi connectivity index (χ1) is 10.6. The van der Waals surface area contributed by atoms with E-state index in [1.165, 1.54) is 0 Å². The number of fused-ring (bicyclic) bond motifs is 1. The van der Waals surface area contributed by atoms with Gasteiger partial charge < -0.3 is 9.26 Å². The lowest BCUT2D eigenvalue weighted by Crippen LogP contribution is -1.96. The van der Waals surface area contributed by atoms with E-state index in [1.54, 1.807) is 7.11 Å². The molecule has 3 rings (SSSR count). The lowest BCUT2D eigenvalue weighted by Gasteiger charge is -2.07. The molecular weight excluding hydrogens is 278 g/mol. The first-order valence-corrected chi connectivity index (χ1v) is 7.35. The minimum Gasteiger partial charge on any atom is -0.480 e. The summed E-state index contributed by atoms with van der Waals surface area (Å²) in [4.78, 5) is 9.01. The number of ether oxygens (including phenoxy) is 1. The summed E-state index contributed by atoms with van der Waals surface area (Å²) in [5, 5.41) is 5.09. The van der Waals surface area contributed by atoms with Gasteiger partial charge in [0.15, 0.2) is 0 Å². The van der Waals surface area contributed by atoms with Crippen molar-refractivity contribution >= 4 is 10.9 Å². The lowest BCUT2D eigenvalue weighted by atomic mass is 10.1. The number of hydrogen-bond acceptors (Lipinski definition) is 5. The predicted molar refractivity (Wildman–Crippen MR) is 84.9 cm³/mol. The van der Waals surface area contributed by atoms with Crippen LogP contribution in [-0.2, 0) is 6.42 Å². The highest BCUT2D eigenvalue weighted by Gasteiger charge is 2.16. The highest BCUT2D eigenvalue weighted by molar-refractivity contribution is 5.85. The van der Waals surface area contributed by atoms with Crippen molar-refractivity contribution in [3.8, 4) is 17.3 Å². The Morgan fingerprint density at radius 2 is 2.00 bits per heavy atom. The molecule has 0 saturated carbocycles. The van der Waals surface area contributed by atoms with Crippen LogP contribution in [-0.4, -0.2) is 22.2 Å². The Morgan fingerprint density at radius 3 is 2.73 bits per heavy atom. The van der Waals surface area contributed by atoms with Crippen molar-refractivity contribution in [1.82, 2.24) is 15.1 Å². The molecule has 0 spiro atoms. The smallest absolute Gasteiger partial charge is 0.227 e. The number of aryl methyl sites for hydroxylation is 1. The van der Waals surface area contributed by atoms with Crippen molar-refractivity contribution in [3.05, 3.63) is 35.7 Å². The fourth-order valence-corrected chi connectivity index (χ4v) is 2.37. The normalized spacial score (nSPS) is 11.3. The first kappa shape index (κ1) is 14.5. The van der Waals surface area contributed by atoms with Gasteiger partial charge in [-0.05, 0) is 30.5 Å². The molecule has 0 aliphatic rings. The van der Waals surface area contributed by atoms with Crippen LogP contribution in [0.25, 0.3) is 22.3 Å². The largest absolute Gasteiger partial charge is 0.480 e. The third-order valence-electron chi connectivity index (χ3n) is 3.42. The highest BCUT2D eigenvalue weighted by atomic mass is 16.5. The summed E-state index contributed by atoms with van der Waals surface area (Å²) in [5.41, 5.74) is 2.80. The second-order valence-electron chi connectivity index (χ2n) is 5.85. The monoisotopic (exact) mass is 297 g/mol. The zero-order chi connectivity index (χ0) is 15.7. The van der Waals surface area contributed by atoms with Crippen LogP contribution in [0.1, 0.15) is 25.3 Å². The van der Waals surface area contributed by atoms with E-state index in [2.05, 4.69) is 35.0 Å². The van der Waals surface area contributed by atoms with E-state index in [4.69, 9.17) is 9.26 Å². The molecule has 0 aliphatic carbocycles. The molecule has 3 aromatic rings. The highest BCUT2D eigenvalue weighted by Crippen LogP contribution is 2.30. The SMILES string of the molecule is COc1nc2cc(C)ccc2cc1-c1noc(CC(C)C)n1. The molecule has 0 N–H and O–H groups in total. The van der Waals surface area contributed by atoms with Gasteiger partial charge in [-0.2, -0.15) is 4.98 Å². The topological polar surface area (TPSA) is 61.0 Å². The van der Waals surface area contributed by atoms with Crippen LogP contribution in [0.4, 0.5) is 0 Å². The molecule has 5 heteroatoms. The molecule has 0 amide bonds. The molecule has 0 fully saturated rings. The Balaban J connectivity index is 2.08. The summed E-state index contributed by atoms with van der Waals surface area (Å²) < 4.78 is 10.7. The molecule has 0 saturated heterocycles. The number of rotatable bonds is 4. The minimum atomic E-state index is 0.466. The molecule has 0 bridgehead atoms. The van der Waals surface area contributed by atoms with E-state index < -0.39 is 0 Å². The molecule has 1 aromatic carbocycles. The Bertz CT molecular complexity index is 809. The second-order valence-corrected chi connectivity index (χ2v) is 5.85. The van der Waals surface area contributed by atoms with E-state index in [0.29, 0.717) is 23.5 Å². The van der Waals surface area contributed by atoms with Gasteiger partial charge in [-0.25, -0.2) is 4.98 Å². The molecule has 114 valence electrons. The van der Waals surface area contributed by atoms with Crippen molar-refractivity contribution in [3.63, 3.8) is 0 Å². The summed E-state index contributed by atoms with van der Waals surface area (Å²) in [6.07, 6.45) is 0.759. The van der Waals surface area contributed by atoms with Gasteiger partial charge in [-0.3, -0.25) is 0 Å². The molecule has 5 nitrogen and oxygen atoms in total. The van der Waals surface area contributed by atoms with E-state index in [-0.39, 0.29) is 0 Å². The molecule has 2 aromatic heterocycles. The van der Waals surface area contributed by atoms with Crippen LogP contribution in [0.3, 0.4) is 0 Å². The van der Waals surface area contributed by atoms with Crippen LogP contribution in [0.5, 0.6) is 5.88 Å². The fourth-order valence-electron chi connectivity index (χ4n) is 2.37. The number of methoxy groups -OCH3 is 1. The number of hydrogen-bond donors (Lipinski definition) is 0. The van der Waals surface area contributed by atoms with E-state index in [9.17, 15) is 0 Å². The average Bonchev–Trinajstić information content (AvgIpc) is 2.93. The lowest BCUT2D eigenvalue weighted by molar-refractivity contribution is 0.362. The molecule has 0 aliphatic heterocycles. The Labute approximate surface area is 129 Å². The molecule has 0 atom stereocenters. The van der Waals surface area contributed by atoms with Crippen LogP contribution in [0, 0.1) is 12.8 Å². The maximum absolute atomic E-state index is 5.41. The Hall–Kier alpha value is -2.43. The van der Waals surface area contributed by atoms with Gasteiger partial charge in [0, 0.05) is 11.8 Å². The second kappa shape index (κ2) is 5.75. The van der Waals surface area contributed by atoms with E-state index in [1.807, 2.05) is 25.1 Å². The molecule has 0 radical (unpaired) electrons. The maximum Gasteiger partial charge on any atom is 0.227 e. The van der Waals surface area contributed by atoms with Gasteiger partial charge in [-0.1, -0.05) is 31.1 Å². The zero-order valence-corrected chi connectivity index (χ0v) is 13.3. The van der Waals surface area contributed by atoms with Gasteiger partial charge in [-0.15, -0.1) is 0 Å². The van der Waals surface area contributed by atoms with Gasteiger partial charge in [0.2, 0.25) is 17.6 Å². The summed E-state index contributed by atoms with van der Waals surface area (Å²) in [6.45, 7) is 6.27. The zero-order valence-electron chi connectivity index (χ0n) is 13.3. The van der Waals surface area contributed by atoms with Crippen molar-refractivity contribution in [2.45, 2.75) is 27.2 Å². The van der Waals surface area contributed by atoms with Crippen molar-refractivity contribution < 1.29 is 9.26 Å². The van der Waals surface area contributed by atoms with Crippen LogP contribution >= 0.6 is 0 Å². The summed E-state index contributed by atoms with van der Waals surface area (Å²) in [6, 6.07) is 8.11. The molecular formula is C17H19N3O2. The van der Waals surface area contributed by atoms with Crippen molar-refractivity contribution in [2.24, 2.45) is 5.92 Å². The number of benzene rings is 1. The number of aromatic nitrogens is 3. The van der Waals surface area contributed by atoms with Crippen molar-refractivity contribution in [1.29, 1.82) is 0 Å². The molecule has 2 heterocycles. The van der Waals surface area contributed by atoms with Crippen LogP contribution < -0.4 is 4.74 Å².